The van der Waals surface area contributed by atoms with E-state index in [0.29, 0.717) is 22.7 Å². The predicted molar refractivity (Wildman–Crippen MR) is 103 cm³/mol. The second kappa shape index (κ2) is 7.84. The fraction of sp³-hybridized carbons (Fsp3) is 0.182. The molecule has 28 heavy (non-hydrogen) atoms. The predicted octanol–water partition coefficient (Wildman–Crippen LogP) is 6.14. The van der Waals surface area contributed by atoms with Gasteiger partial charge in [0.05, 0.1) is 11.3 Å². The van der Waals surface area contributed by atoms with Crippen molar-refractivity contribution in [3.63, 3.8) is 0 Å². The molecule has 3 aromatic rings. The molecule has 0 atom stereocenters. The number of benzene rings is 2. The van der Waals surface area contributed by atoms with Gasteiger partial charge in [0.25, 0.3) is 5.91 Å². The van der Waals surface area contributed by atoms with Gasteiger partial charge in [0, 0.05) is 23.0 Å². The van der Waals surface area contributed by atoms with Gasteiger partial charge in [-0.1, -0.05) is 38.1 Å². The van der Waals surface area contributed by atoms with Gasteiger partial charge in [-0.15, -0.1) is 0 Å². The number of pyridine rings is 1. The Morgan fingerprint density at radius 1 is 0.964 bits per heavy atom. The normalized spacial score (nSPS) is 11.5. The monoisotopic (exact) mass is 384 g/mol. The first kappa shape index (κ1) is 19.6. The molecule has 3 rings (SSSR count). The van der Waals surface area contributed by atoms with E-state index >= 15 is 0 Å². The van der Waals surface area contributed by atoms with Crippen LogP contribution in [-0.2, 0) is 6.18 Å². The van der Waals surface area contributed by atoms with Crippen LogP contribution in [0, 0.1) is 0 Å². The maximum Gasteiger partial charge on any atom is 0.418 e. The van der Waals surface area contributed by atoms with Crippen LogP contribution in [0.1, 0.15) is 41.3 Å². The van der Waals surface area contributed by atoms with Crippen LogP contribution < -0.4 is 5.32 Å². The van der Waals surface area contributed by atoms with E-state index in [1.165, 1.54) is 36.5 Å². The van der Waals surface area contributed by atoms with Crippen LogP contribution in [0.3, 0.4) is 0 Å². The molecule has 0 aliphatic carbocycles. The minimum Gasteiger partial charge on any atom is -0.322 e. The summed E-state index contributed by atoms with van der Waals surface area (Å²) in [5, 5.41) is 2.78. The highest BCUT2D eigenvalue weighted by atomic mass is 19.4. The summed E-state index contributed by atoms with van der Waals surface area (Å²) in [7, 11) is 0. The van der Waals surface area contributed by atoms with Crippen LogP contribution in [0.15, 0.2) is 66.9 Å². The molecule has 0 bridgehead atoms. The third-order valence-electron chi connectivity index (χ3n) is 4.37. The molecule has 0 fully saturated rings. The highest BCUT2D eigenvalue weighted by Gasteiger charge is 2.34. The molecule has 1 aromatic heterocycles. The molecule has 0 spiro atoms. The van der Waals surface area contributed by atoms with Crippen molar-refractivity contribution in [1.82, 2.24) is 4.98 Å². The Labute approximate surface area is 161 Å². The number of anilines is 1. The van der Waals surface area contributed by atoms with Crippen LogP contribution in [-0.4, -0.2) is 10.9 Å². The second-order valence-corrected chi connectivity index (χ2v) is 6.71. The summed E-state index contributed by atoms with van der Waals surface area (Å²) in [6, 6.07) is 15.7. The number of amides is 1. The van der Waals surface area contributed by atoms with Gasteiger partial charge in [-0.25, -0.2) is 0 Å². The van der Waals surface area contributed by atoms with Crippen LogP contribution in [0.25, 0.3) is 11.3 Å². The van der Waals surface area contributed by atoms with E-state index < -0.39 is 11.7 Å². The number of nitrogens with zero attached hydrogens (tertiary/aromatic N) is 1. The third-order valence-corrected chi connectivity index (χ3v) is 4.37. The Balaban J connectivity index is 1.79. The van der Waals surface area contributed by atoms with Crippen LogP contribution >= 0.6 is 0 Å². The van der Waals surface area contributed by atoms with Gasteiger partial charge in [-0.2, -0.15) is 13.2 Å². The number of hydrogen-bond donors (Lipinski definition) is 1. The average Bonchev–Trinajstić information content (AvgIpc) is 2.68. The third kappa shape index (κ3) is 4.39. The molecular formula is C22H19F3N2O. The van der Waals surface area contributed by atoms with Gasteiger partial charge in [0.2, 0.25) is 0 Å². The molecule has 144 valence electrons. The highest BCUT2D eigenvalue weighted by Crippen LogP contribution is 2.35. The van der Waals surface area contributed by atoms with Crippen molar-refractivity contribution in [3.8, 4) is 11.3 Å². The molecule has 1 N–H and O–H groups in total. The maximum atomic E-state index is 13.2. The van der Waals surface area contributed by atoms with E-state index in [2.05, 4.69) is 24.1 Å². The van der Waals surface area contributed by atoms with Crippen molar-refractivity contribution in [2.45, 2.75) is 25.9 Å². The lowest BCUT2D eigenvalue weighted by atomic mass is 10.0. The number of alkyl halides is 3. The first-order valence-electron chi connectivity index (χ1n) is 8.79. The van der Waals surface area contributed by atoms with Gasteiger partial charge < -0.3 is 5.32 Å². The molecule has 1 amide bonds. The molecule has 1 heterocycles. The van der Waals surface area contributed by atoms with E-state index in [1.54, 1.807) is 0 Å². The number of halogens is 3. The van der Waals surface area contributed by atoms with Crippen LogP contribution in [0.2, 0.25) is 0 Å². The van der Waals surface area contributed by atoms with Crippen molar-refractivity contribution < 1.29 is 18.0 Å². The lowest BCUT2D eigenvalue weighted by molar-refractivity contribution is -0.137. The number of hydrogen-bond acceptors (Lipinski definition) is 2. The summed E-state index contributed by atoms with van der Waals surface area (Å²) in [4.78, 5) is 16.3. The van der Waals surface area contributed by atoms with Gasteiger partial charge in [0.15, 0.2) is 0 Å². The molecule has 0 saturated heterocycles. The van der Waals surface area contributed by atoms with E-state index in [1.807, 2.05) is 24.3 Å². The minimum atomic E-state index is -4.50. The van der Waals surface area contributed by atoms with Crippen molar-refractivity contribution in [2.75, 3.05) is 5.32 Å². The Morgan fingerprint density at radius 3 is 2.18 bits per heavy atom. The lowest BCUT2D eigenvalue weighted by Crippen LogP contribution is -2.12. The second-order valence-electron chi connectivity index (χ2n) is 6.71. The molecule has 0 radical (unpaired) electrons. The topological polar surface area (TPSA) is 42.0 Å². The zero-order valence-electron chi connectivity index (χ0n) is 15.4. The Kier molecular flexibility index (Phi) is 5.49. The summed E-state index contributed by atoms with van der Waals surface area (Å²) in [6.07, 6.45) is -3.19. The largest absolute Gasteiger partial charge is 0.418 e. The lowest BCUT2D eigenvalue weighted by Gasteiger charge is -2.12. The molecular weight excluding hydrogens is 365 g/mol. The number of carbonyl (C=O) groups is 1. The number of nitrogens with one attached hydrogen (secondary N) is 1. The molecule has 0 aliphatic rings. The molecule has 0 saturated carbocycles. The molecule has 2 aromatic carbocycles. The quantitative estimate of drug-likeness (QED) is 0.587. The standard InChI is InChI=1S/C22H19F3N2O/c1-14(2)15-9-11-18(12-10-15)27-21(28)17-7-5-16(6-8-17)20-19(22(23,24)25)4-3-13-26-20/h3-14H,1-2H3,(H,27,28). The zero-order chi connectivity index (χ0) is 20.3. The fourth-order valence-corrected chi connectivity index (χ4v) is 2.80. The average molecular weight is 384 g/mol. The highest BCUT2D eigenvalue weighted by molar-refractivity contribution is 6.04. The zero-order valence-corrected chi connectivity index (χ0v) is 15.4. The summed E-state index contributed by atoms with van der Waals surface area (Å²) >= 11 is 0. The van der Waals surface area contributed by atoms with E-state index in [0.717, 1.165) is 11.6 Å². The molecule has 0 aliphatic heterocycles. The van der Waals surface area contributed by atoms with Crippen molar-refractivity contribution in [2.24, 2.45) is 0 Å². The van der Waals surface area contributed by atoms with E-state index in [-0.39, 0.29) is 11.6 Å². The smallest absolute Gasteiger partial charge is 0.322 e. The Morgan fingerprint density at radius 2 is 1.61 bits per heavy atom. The Hall–Kier alpha value is -3.15. The van der Waals surface area contributed by atoms with E-state index in [9.17, 15) is 18.0 Å². The first-order valence-corrected chi connectivity index (χ1v) is 8.79. The van der Waals surface area contributed by atoms with Gasteiger partial charge in [-0.05, 0) is 47.9 Å². The summed E-state index contributed by atoms with van der Waals surface area (Å²) in [5.41, 5.74) is 1.50. The van der Waals surface area contributed by atoms with Gasteiger partial charge in [0.1, 0.15) is 0 Å². The number of carbonyl (C=O) groups excluding carboxylic acids is 1. The number of rotatable bonds is 4. The summed E-state index contributed by atoms with van der Waals surface area (Å²) < 4.78 is 39.5. The molecule has 6 heteroatoms. The summed E-state index contributed by atoms with van der Waals surface area (Å²) in [5.74, 6) is 0.0615. The van der Waals surface area contributed by atoms with E-state index in [4.69, 9.17) is 0 Å². The van der Waals surface area contributed by atoms with Gasteiger partial charge in [-0.3, -0.25) is 9.78 Å². The van der Waals surface area contributed by atoms with Gasteiger partial charge >= 0.3 is 6.18 Å². The van der Waals surface area contributed by atoms with Crippen LogP contribution in [0.4, 0.5) is 18.9 Å². The first-order chi connectivity index (χ1) is 13.3. The fourth-order valence-electron chi connectivity index (χ4n) is 2.80. The van der Waals surface area contributed by atoms with Crippen molar-refractivity contribution in [1.29, 1.82) is 0 Å². The number of aromatic nitrogens is 1. The summed E-state index contributed by atoms with van der Waals surface area (Å²) in [6.45, 7) is 4.17. The van der Waals surface area contributed by atoms with Crippen molar-refractivity contribution in [3.05, 3.63) is 83.6 Å². The molecule has 0 unspecified atom stereocenters. The maximum absolute atomic E-state index is 13.2. The van der Waals surface area contributed by atoms with Crippen molar-refractivity contribution >= 4 is 11.6 Å². The SMILES string of the molecule is CC(C)c1ccc(NC(=O)c2ccc(-c3ncccc3C(F)(F)F)cc2)cc1. The Bertz CT molecular complexity index is 962. The molecule has 3 nitrogen and oxygen atoms in total. The minimum absolute atomic E-state index is 0.161. The van der Waals surface area contributed by atoms with Crippen LogP contribution in [0.5, 0.6) is 0 Å².